The van der Waals surface area contributed by atoms with Gasteiger partial charge >= 0.3 is 0 Å². The molecule has 0 unspecified atom stereocenters. The van der Waals surface area contributed by atoms with E-state index in [1.54, 1.807) is 12.4 Å². The highest BCUT2D eigenvalue weighted by molar-refractivity contribution is 5.47. The second kappa shape index (κ2) is 2.53. The minimum Gasteiger partial charge on any atom is -0.397 e. The second-order valence-electron chi connectivity index (χ2n) is 3.71. The van der Waals surface area contributed by atoms with Gasteiger partial charge < -0.3 is 5.73 Å². The van der Waals surface area contributed by atoms with Crippen molar-refractivity contribution in [3.8, 4) is 0 Å². The summed E-state index contributed by atoms with van der Waals surface area (Å²) < 4.78 is 0. The molecule has 0 fully saturated rings. The van der Waals surface area contributed by atoms with Gasteiger partial charge in [0.05, 0.1) is 11.9 Å². The van der Waals surface area contributed by atoms with Crippen LogP contribution in [0.4, 0.5) is 5.69 Å². The zero-order valence-corrected chi connectivity index (χ0v) is 7.26. The zero-order chi connectivity index (χ0) is 8.48. The fourth-order valence-corrected chi connectivity index (χ4v) is 1.09. The topological polar surface area (TPSA) is 38.9 Å². The third-order valence-electron chi connectivity index (χ3n) is 1.66. The van der Waals surface area contributed by atoms with Gasteiger partial charge in [-0.2, -0.15) is 0 Å². The molecule has 1 rings (SSSR count). The van der Waals surface area contributed by atoms with Gasteiger partial charge in [0.2, 0.25) is 0 Å². The predicted molar refractivity (Wildman–Crippen MR) is 47.3 cm³/mol. The van der Waals surface area contributed by atoms with Gasteiger partial charge in [-0.25, -0.2) is 0 Å². The summed E-state index contributed by atoms with van der Waals surface area (Å²) in [5.41, 5.74) is 7.80. The van der Waals surface area contributed by atoms with Crippen LogP contribution in [0.5, 0.6) is 0 Å². The molecule has 0 aliphatic rings. The first kappa shape index (κ1) is 8.05. The minimum atomic E-state index is 0.118. The molecule has 2 heteroatoms. The van der Waals surface area contributed by atoms with Crippen molar-refractivity contribution in [1.29, 1.82) is 0 Å². The van der Waals surface area contributed by atoms with Gasteiger partial charge in [0, 0.05) is 6.20 Å². The summed E-state index contributed by atoms with van der Waals surface area (Å²) in [6.07, 6.45) is 3.47. The molecule has 0 amide bonds. The molecular weight excluding hydrogens is 136 g/mol. The first-order valence-corrected chi connectivity index (χ1v) is 3.72. The Kier molecular flexibility index (Phi) is 1.85. The minimum absolute atomic E-state index is 0.118. The SMILES string of the molecule is CC(C)(C)c1ccncc1N. The second-order valence-corrected chi connectivity index (χ2v) is 3.71. The van der Waals surface area contributed by atoms with Crippen LogP contribution in [0.2, 0.25) is 0 Å². The number of nitrogens with zero attached hydrogens (tertiary/aromatic N) is 1. The van der Waals surface area contributed by atoms with Crippen molar-refractivity contribution in [2.75, 3.05) is 5.73 Å². The molecular formula is C9H14N2. The molecule has 0 radical (unpaired) electrons. The fourth-order valence-electron chi connectivity index (χ4n) is 1.09. The van der Waals surface area contributed by atoms with E-state index in [0.717, 1.165) is 11.3 Å². The van der Waals surface area contributed by atoms with Crippen LogP contribution in [0.15, 0.2) is 18.5 Å². The summed E-state index contributed by atoms with van der Waals surface area (Å²) in [7, 11) is 0. The fraction of sp³-hybridized carbons (Fsp3) is 0.444. The lowest BCUT2D eigenvalue weighted by Crippen LogP contribution is -2.13. The molecule has 0 aliphatic carbocycles. The van der Waals surface area contributed by atoms with E-state index in [1.807, 2.05) is 6.07 Å². The first-order chi connectivity index (χ1) is 5.02. The quantitative estimate of drug-likeness (QED) is 0.614. The molecule has 60 valence electrons. The van der Waals surface area contributed by atoms with E-state index in [2.05, 4.69) is 25.8 Å². The Morgan fingerprint density at radius 2 is 2.00 bits per heavy atom. The van der Waals surface area contributed by atoms with Crippen LogP contribution in [-0.4, -0.2) is 4.98 Å². The summed E-state index contributed by atoms with van der Waals surface area (Å²) in [6.45, 7) is 6.41. The molecule has 0 aliphatic heterocycles. The third kappa shape index (κ3) is 1.70. The average molecular weight is 150 g/mol. The summed E-state index contributed by atoms with van der Waals surface area (Å²) in [5, 5.41) is 0. The maximum absolute atomic E-state index is 5.74. The maximum Gasteiger partial charge on any atom is 0.0538 e. The normalized spacial score (nSPS) is 11.5. The van der Waals surface area contributed by atoms with Crippen molar-refractivity contribution in [3.63, 3.8) is 0 Å². The van der Waals surface area contributed by atoms with Crippen LogP contribution in [0, 0.1) is 0 Å². The van der Waals surface area contributed by atoms with Gasteiger partial charge in [0.15, 0.2) is 0 Å². The summed E-state index contributed by atoms with van der Waals surface area (Å²) in [5.74, 6) is 0. The van der Waals surface area contributed by atoms with Crippen LogP contribution in [0.1, 0.15) is 26.3 Å². The van der Waals surface area contributed by atoms with Crippen molar-refractivity contribution >= 4 is 5.69 Å². The van der Waals surface area contributed by atoms with E-state index in [1.165, 1.54) is 0 Å². The van der Waals surface area contributed by atoms with Crippen LogP contribution in [0.25, 0.3) is 0 Å². The Labute approximate surface area is 67.5 Å². The summed E-state index contributed by atoms with van der Waals surface area (Å²) in [4.78, 5) is 3.93. The van der Waals surface area contributed by atoms with E-state index < -0.39 is 0 Å². The van der Waals surface area contributed by atoms with Crippen molar-refractivity contribution in [1.82, 2.24) is 4.98 Å². The highest BCUT2D eigenvalue weighted by Gasteiger charge is 2.15. The van der Waals surface area contributed by atoms with Crippen molar-refractivity contribution in [2.45, 2.75) is 26.2 Å². The lowest BCUT2D eigenvalue weighted by atomic mass is 9.87. The Balaban J connectivity index is 3.14. The van der Waals surface area contributed by atoms with Crippen molar-refractivity contribution < 1.29 is 0 Å². The van der Waals surface area contributed by atoms with E-state index >= 15 is 0 Å². The Morgan fingerprint density at radius 1 is 1.36 bits per heavy atom. The van der Waals surface area contributed by atoms with Gasteiger partial charge in [-0.3, -0.25) is 4.98 Å². The van der Waals surface area contributed by atoms with E-state index in [0.29, 0.717) is 0 Å². The lowest BCUT2D eigenvalue weighted by molar-refractivity contribution is 0.592. The molecule has 0 spiro atoms. The van der Waals surface area contributed by atoms with Gasteiger partial charge in [-0.05, 0) is 17.0 Å². The Bertz CT molecular complexity index is 248. The molecule has 1 heterocycles. The first-order valence-electron chi connectivity index (χ1n) is 3.72. The summed E-state index contributed by atoms with van der Waals surface area (Å²) >= 11 is 0. The van der Waals surface area contributed by atoms with Gasteiger partial charge in [0.25, 0.3) is 0 Å². The van der Waals surface area contributed by atoms with Gasteiger partial charge in [-0.15, -0.1) is 0 Å². The number of pyridine rings is 1. The molecule has 0 atom stereocenters. The third-order valence-corrected chi connectivity index (χ3v) is 1.66. The lowest BCUT2D eigenvalue weighted by Gasteiger charge is -2.20. The molecule has 2 N–H and O–H groups in total. The Morgan fingerprint density at radius 3 is 2.36 bits per heavy atom. The highest BCUT2D eigenvalue weighted by Crippen LogP contribution is 2.25. The molecule has 2 nitrogen and oxygen atoms in total. The number of nitrogen functional groups attached to an aromatic ring is 1. The number of nitrogens with two attached hydrogens (primary N) is 1. The number of anilines is 1. The summed E-state index contributed by atoms with van der Waals surface area (Å²) in [6, 6.07) is 1.97. The number of hydrogen-bond acceptors (Lipinski definition) is 2. The predicted octanol–water partition coefficient (Wildman–Crippen LogP) is 1.96. The van der Waals surface area contributed by atoms with E-state index in [9.17, 15) is 0 Å². The van der Waals surface area contributed by atoms with E-state index in [-0.39, 0.29) is 5.41 Å². The number of rotatable bonds is 0. The van der Waals surface area contributed by atoms with Gasteiger partial charge in [-0.1, -0.05) is 20.8 Å². The molecule has 0 saturated carbocycles. The largest absolute Gasteiger partial charge is 0.397 e. The van der Waals surface area contributed by atoms with Crippen LogP contribution in [0.3, 0.4) is 0 Å². The molecule has 0 saturated heterocycles. The molecule has 1 aromatic heterocycles. The number of hydrogen-bond donors (Lipinski definition) is 1. The number of aromatic nitrogens is 1. The van der Waals surface area contributed by atoms with Crippen molar-refractivity contribution in [3.05, 3.63) is 24.0 Å². The van der Waals surface area contributed by atoms with E-state index in [4.69, 9.17) is 5.73 Å². The van der Waals surface area contributed by atoms with Crippen molar-refractivity contribution in [2.24, 2.45) is 0 Å². The smallest absolute Gasteiger partial charge is 0.0538 e. The van der Waals surface area contributed by atoms with Crippen LogP contribution in [-0.2, 0) is 5.41 Å². The highest BCUT2D eigenvalue weighted by atomic mass is 14.7. The molecule has 0 bridgehead atoms. The zero-order valence-electron chi connectivity index (χ0n) is 7.26. The van der Waals surface area contributed by atoms with Crippen LogP contribution >= 0.6 is 0 Å². The molecule has 11 heavy (non-hydrogen) atoms. The van der Waals surface area contributed by atoms with Crippen LogP contribution < -0.4 is 5.73 Å². The monoisotopic (exact) mass is 150 g/mol. The molecule has 1 aromatic rings. The van der Waals surface area contributed by atoms with Gasteiger partial charge in [0.1, 0.15) is 0 Å². The maximum atomic E-state index is 5.74. The average Bonchev–Trinajstić information content (AvgIpc) is 1.86. The standard InChI is InChI=1S/C9H14N2/c1-9(2,3)7-4-5-11-6-8(7)10/h4-6H,10H2,1-3H3. The molecule has 0 aromatic carbocycles. The Hall–Kier alpha value is -1.05.